The van der Waals surface area contributed by atoms with E-state index >= 15 is 0 Å². The number of rotatable bonds is 1. The maximum absolute atomic E-state index is 4.51. The highest BCUT2D eigenvalue weighted by atomic mass is 15.3. The molecular formula is C16H25N3. The zero-order valence-electron chi connectivity index (χ0n) is 12.9. The summed E-state index contributed by atoms with van der Waals surface area (Å²) in [6, 6.07) is 0. The Bertz CT molecular complexity index is 573. The lowest BCUT2D eigenvalue weighted by molar-refractivity contribution is 0.569. The number of anilines is 1. The molecule has 2 rings (SSSR count). The van der Waals surface area contributed by atoms with Gasteiger partial charge in [-0.05, 0) is 53.9 Å². The van der Waals surface area contributed by atoms with Crippen molar-refractivity contribution in [2.75, 3.05) is 18.0 Å². The number of hydrogen-bond acceptors (Lipinski definition) is 3. The molecule has 0 aromatic carbocycles. The van der Waals surface area contributed by atoms with Crippen molar-refractivity contribution in [2.24, 2.45) is 0 Å². The van der Waals surface area contributed by atoms with Crippen LogP contribution in [-0.2, 0) is 0 Å². The van der Waals surface area contributed by atoms with Crippen LogP contribution in [0.5, 0.6) is 0 Å². The Labute approximate surface area is 116 Å². The van der Waals surface area contributed by atoms with Gasteiger partial charge in [-0.1, -0.05) is 11.1 Å². The van der Waals surface area contributed by atoms with Gasteiger partial charge in [0.15, 0.2) is 5.82 Å². The van der Waals surface area contributed by atoms with E-state index in [0.29, 0.717) is 0 Å². The number of hydrogen-bond donors (Lipinski definition) is 0. The third-order valence-electron chi connectivity index (χ3n) is 3.79. The predicted octanol–water partition coefficient (Wildman–Crippen LogP) is 2.16. The van der Waals surface area contributed by atoms with Crippen LogP contribution in [0.3, 0.4) is 0 Å². The van der Waals surface area contributed by atoms with E-state index in [-0.39, 0.29) is 0 Å². The van der Waals surface area contributed by atoms with Gasteiger partial charge in [0.05, 0.1) is 5.69 Å². The standard InChI is InChI=1S/C16H25N3/c1-11(2)14-13(5)17-18-16(15(14)12(3)4)19-9-7-6-8-10-19/h6-10H2,1-5H3. The highest BCUT2D eigenvalue weighted by Gasteiger charge is 2.15. The summed E-state index contributed by atoms with van der Waals surface area (Å²) in [5.74, 6) is 1.08. The molecule has 0 bridgehead atoms. The molecule has 1 saturated heterocycles. The van der Waals surface area contributed by atoms with Gasteiger partial charge in [0.1, 0.15) is 0 Å². The van der Waals surface area contributed by atoms with Crippen molar-refractivity contribution in [3.8, 4) is 0 Å². The summed E-state index contributed by atoms with van der Waals surface area (Å²) in [5, 5.41) is 11.5. The molecule has 19 heavy (non-hydrogen) atoms. The van der Waals surface area contributed by atoms with Gasteiger partial charge in [-0.15, -0.1) is 5.10 Å². The summed E-state index contributed by atoms with van der Waals surface area (Å²) in [6.45, 7) is 13.0. The minimum atomic E-state index is 1.04. The Kier molecular flexibility index (Phi) is 4.23. The van der Waals surface area contributed by atoms with E-state index in [1.807, 2.05) is 0 Å². The van der Waals surface area contributed by atoms with E-state index in [4.69, 9.17) is 0 Å². The van der Waals surface area contributed by atoms with Gasteiger partial charge < -0.3 is 4.90 Å². The average Bonchev–Trinajstić information content (AvgIpc) is 2.38. The zero-order valence-corrected chi connectivity index (χ0v) is 12.9. The molecule has 0 N–H and O–H groups in total. The molecule has 0 saturated carbocycles. The summed E-state index contributed by atoms with van der Waals surface area (Å²) < 4.78 is 0. The van der Waals surface area contributed by atoms with E-state index in [2.05, 4.69) is 49.7 Å². The molecule has 104 valence electrons. The van der Waals surface area contributed by atoms with E-state index in [1.165, 1.54) is 40.8 Å². The van der Waals surface area contributed by atoms with Gasteiger partial charge in [-0.3, -0.25) is 0 Å². The number of nitrogens with zero attached hydrogens (tertiary/aromatic N) is 3. The molecule has 1 aromatic heterocycles. The van der Waals surface area contributed by atoms with Crippen LogP contribution in [0.4, 0.5) is 5.82 Å². The summed E-state index contributed by atoms with van der Waals surface area (Å²) in [7, 11) is 0. The first-order chi connectivity index (χ1) is 9.02. The molecular weight excluding hydrogens is 234 g/mol. The maximum Gasteiger partial charge on any atom is 0.159 e. The molecule has 1 fully saturated rings. The predicted molar refractivity (Wildman–Crippen MR) is 81.6 cm³/mol. The minimum Gasteiger partial charge on any atom is -0.355 e. The van der Waals surface area contributed by atoms with Crippen molar-refractivity contribution in [1.29, 1.82) is 0 Å². The third-order valence-corrected chi connectivity index (χ3v) is 3.79. The molecule has 0 atom stereocenters. The first-order valence-electron chi connectivity index (χ1n) is 7.25. The molecule has 1 aliphatic rings. The molecule has 0 aliphatic carbocycles. The Hall–Kier alpha value is -1.38. The SMILES string of the molecule is CC(C)=c1c(C)nnc(N2CCCCC2)c1=C(C)C. The van der Waals surface area contributed by atoms with E-state index in [9.17, 15) is 0 Å². The molecule has 0 radical (unpaired) electrons. The van der Waals surface area contributed by atoms with Crippen molar-refractivity contribution in [2.45, 2.75) is 53.9 Å². The Balaban J connectivity index is 2.74. The molecule has 1 aliphatic heterocycles. The molecule has 2 heterocycles. The summed E-state index contributed by atoms with van der Waals surface area (Å²) in [5.41, 5.74) is 3.69. The molecule has 3 nitrogen and oxygen atoms in total. The lowest BCUT2D eigenvalue weighted by atomic mass is 10.1. The van der Waals surface area contributed by atoms with Crippen LogP contribution < -0.4 is 15.3 Å². The fourth-order valence-corrected chi connectivity index (χ4v) is 2.93. The van der Waals surface area contributed by atoms with Crippen molar-refractivity contribution in [3.05, 3.63) is 16.1 Å². The topological polar surface area (TPSA) is 29.0 Å². The Morgan fingerprint density at radius 2 is 1.42 bits per heavy atom. The molecule has 3 heteroatoms. The number of piperidine rings is 1. The van der Waals surface area contributed by atoms with Crippen molar-refractivity contribution in [1.82, 2.24) is 10.2 Å². The van der Waals surface area contributed by atoms with Gasteiger partial charge in [0.2, 0.25) is 0 Å². The molecule has 1 aromatic rings. The second-order valence-corrected chi connectivity index (χ2v) is 5.91. The minimum absolute atomic E-state index is 1.04. The van der Waals surface area contributed by atoms with Crippen LogP contribution in [0.15, 0.2) is 0 Å². The summed E-state index contributed by atoms with van der Waals surface area (Å²) in [6.07, 6.45) is 3.87. The normalized spacial score (nSPS) is 15.5. The summed E-state index contributed by atoms with van der Waals surface area (Å²) >= 11 is 0. The highest BCUT2D eigenvalue weighted by Crippen LogP contribution is 2.13. The van der Waals surface area contributed by atoms with Crippen LogP contribution >= 0.6 is 0 Å². The monoisotopic (exact) mass is 259 g/mol. The quantitative estimate of drug-likeness (QED) is 0.774. The highest BCUT2D eigenvalue weighted by molar-refractivity contribution is 5.56. The lowest BCUT2D eigenvalue weighted by Crippen LogP contribution is -2.42. The molecule has 0 spiro atoms. The van der Waals surface area contributed by atoms with Gasteiger partial charge in [0, 0.05) is 23.5 Å². The van der Waals surface area contributed by atoms with Gasteiger partial charge in [-0.2, -0.15) is 5.10 Å². The number of aryl methyl sites for hydroxylation is 1. The van der Waals surface area contributed by atoms with Crippen LogP contribution in [0, 0.1) is 6.92 Å². The van der Waals surface area contributed by atoms with Crippen molar-refractivity contribution in [3.63, 3.8) is 0 Å². The van der Waals surface area contributed by atoms with Crippen LogP contribution in [0.2, 0.25) is 0 Å². The van der Waals surface area contributed by atoms with Crippen LogP contribution in [0.1, 0.15) is 52.7 Å². The second kappa shape index (κ2) is 5.72. The average molecular weight is 259 g/mol. The fourth-order valence-electron chi connectivity index (χ4n) is 2.93. The Morgan fingerprint density at radius 1 is 0.842 bits per heavy atom. The smallest absolute Gasteiger partial charge is 0.159 e. The second-order valence-electron chi connectivity index (χ2n) is 5.91. The van der Waals surface area contributed by atoms with Crippen molar-refractivity contribution < 1.29 is 0 Å². The lowest BCUT2D eigenvalue weighted by Gasteiger charge is -2.28. The fraction of sp³-hybridized carbons (Fsp3) is 0.625. The zero-order chi connectivity index (χ0) is 14.0. The van der Waals surface area contributed by atoms with Gasteiger partial charge >= 0.3 is 0 Å². The van der Waals surface area contributed by atoms with Crippen LogP contribution in [0.25, 0.3) is 11.1 Å². The van der Waals surface area contributed by atoms with Crippen LogP contribution in [-0.4, -0.2) is 23.3 Å². The first kappa shape index (κ1) is 14.0. The van der Waals surface area contributed by atoms with E-state index < -0.39 is 0 Å². The van der Waals surface area contributed by atoms with E-state index in [0.717, 1.165) is 24.6 Å². The summed E-state index contributed by atoms with van der Waals surface area (Å²) in [4.78, 5) is 2.41. The molecule has 0 amide bonds. The van der Waals surface area contributed by atoms with Gasteiger partial charge in [-0.25, -0.2) is 0 Å². The Morgan fingerprint density at radius 3 is 1.95 bits per heavy atom. The third kappa shape index (κ3) is 2.80. The molecule has 0 unspecified atom stereocenters. The van der Waals surface area contributed by atoms with E-state index in [1.54, 1.807) is 0 Å². The first-order valence-corrected chi connectivity index (χ1v) is 7.25. The number of aromatic nitrogens is 2. The van der Waals surface area contributed by atoms with Gasteiger partial charge in [0.25, 0.3) is 0 Å². The largest absolute Gasteiger partial charge is 0.355 e. The van der Waals surface area contributed by atoms with Crippen molar-refractivity contribution >= 4 is 17.0 Å². The maximum atomic E-state index is 4.51.